The van der Waals surface area contributed by atoms with Crippen molar-refractivity contribution in [3.8, 4) is 11.5 Å². The molecular formula is C29H45FN2O9S. The molecule has 1 fully saturated rings. The number of alkyl halides is 1. The number of hydrogen-bond donors (Lipinski definition) is 2. The van der Waals surface area contributed by atoms with E-state index in [4.69, 9.17) is 28.4 Å². The maximum Gasteiger partial charge on any atom is 0.412 e. The number of carbonyl (C=O) groups excluding carboxylic acids is 3. The van der Waals surface area contributed by atoms with Crippen molar-refractivity contribution in [2.24, 2.45) is 0 Å². The highest BCUT2D eigenvalue weighted by molar-refractivity contribution is 8.00. The molecular weight excluding hydrogens is 571 g/mol. The molecule has 0 aliphatic heterocycles. The molecule has 42 heavy (non-hydrogen) atoms. The first-order chi connectivity index (χ1) is 19.8. The molecule has 1 unspecified atom stereocenters. The highest BCUT2D eigenvalue weighted by Gasteiger charge is 2.52. The lowest BCUT2D eigenvalue weighted by molar-refractivity contribution is -0.130. The van der Waals surface area contributed by atoms with Crippen LogP contribution >= 0.6 is 11.8 Å². The van der Waals surface area contributed by atoms with E-state index in [-0.39, 0.29) is 12.8 Å². The van der Waals surface area contributed by atoms with E-state index >= 15 is 0 Å². The van der Waals surface area contributed by atoms with Crippen LogP contribution in [0.5, 0.6) is 11.5 Å². The normalized spacial score (nSPS) is 14.9. The van der Waals surface area contributed by atoms with Crippen LogP contribution < -0.4 is 20.1 Å². The molecule has 2 rings (SSSR count). The van der Waals surface area contributed by atoms with Gasteiger partial charge in [0.25, 0.3) is 5.91 Å². The smallest absolute Gasteiger partial charge is 0.412 e. The largest absolute Gasteiger partial charge is 0.494 e. The first-order valence-electron chi connectivity index (χ1n) is 13.9. The predicted octanol–water partition coefficient (Wildman–Crippen LogP) is 4.17. The van der Waals surface area contributed by atoms with Crippen molar-refractivity contribution >= 4 is 35.7 Å². The van der Waals surface area contributed by atoms with Crippen LogP contribution in [-0.2, 0) is 28.5 Å². The Morgan fingerprint density at radius 2 is 1.60 bits per heavy atom. The van der Waals surface area contributed by atoms with Gasteiger partial charge in [0.1, 0.15) is 30.0 Å². The average Bonchev–Trinajstić information content (AvgIpc) is 3.67. The van der Waals surface area contributed by atoms with Gasteiger partial charge in [0.15, 0.2) is 5.67 Å². The Hall–Kier alpha value is -2.61. The zero-order chi connectivity index (χ0) is 31.2. The quantitative estimate of drug-likeness (QED) is 0.163. The van der Waals surface area contributed by atoms with Crippen molar-refractivity contribution in [3.05, 3.63) is 18.2 Å². The number of aldehydes is 1. The Morgan fingerprint density at radius 1 is 1.00 bits per heavy atom. The number of nitrogens with one attached hydrogen (secondary N) is 2. The van der Waals surface area contributed by atoms with Crippen LogP contribution in [0.4, 0.5) is 14.9 Å². The van der Waals surface area contributed by atoms with Crippen LogP contribution in [0, 0.1) is 0 Å². The number of benzene rings is 1. The van der Waals surface area contributed by atoms with Crippen molar-refractivity contribution in [2.75, 3.05) is 64.4 Å². The molecule has 0 heterocycles. The first kappa shape index (κ1) is 35.6. The summed E-state index contributed by atoms with van der Waals surface area (Å²) in [4.78, 5) is 35.4. The summed E-state index contributed by atoms with van der Waals surface area (Å²) in [6.45, 7) is 11.8. The fourth-order valence-electron chi connectivity index (χ4n) is 3.47. The standard InChI is InChI=1S/C29H45FN2O9S/c1-27(2,3)41-26(35)31-22-8-7-21(19-23(22)36-6)40-16-15-38-12-11-37-13-14-39-17-18-42-28(4,5)24(20-33)32-25(34)29(30)9-10-29/h7-8,19-20,24H,9-18H2,1-6H3,(H,31,35)(H,32,34). The number of anilines is 1. The monoisotopic (exact) mass is 616 g/mol. The van der Waals surface area contributed by atoms with E-state index in [1.807, 2.05) is 13.8 Å². The molecule has 1 aromatic carbocycles. The summed E-state index contributed by atoms with van der Waals surface area (Å²) >= 11 is 1.47. The summed E-state index contributed by atoms with van der Waals surface area (Å²) in [5, 5.41) is 5.18. The lowest BCUT2D eigenvalue weighted by atomic mass is 10.0. The number of hydrogen-bond acceptors (Lipinski definition) is 10. The number of carbonyl (C=O) groups is 3. The van der Waals surface area contributed by atoms with E-state index in [1.165, 1.54) is 18.9 Å². The fraction of sp³-hybridized carbons (Fsp3) is 0.690. The van der Waals surface area contributed by atoms with Gasteiger partial charge in [-0.05, 0) is 59.6 Å². The molecule has 13 heteroatoms. The zero-order valence-electron chi connectivity index (χ0n) is 25.4. The van der Waals surface area contributed by atoms with Crippen LogP contribution in [0.15, 0.2) is 18.2 Å². The third-order valence-corrected chi connectivity index (χ3v) is 7.39. The third kappa shape index (κ3) is 13.1. The second-order valence-electron chi connectivity index (χ2n) is 11.2. The van der Waals surface area contributed by atoms with Crippen molar-refractivity contribution in [1.29, 1.82) is 0 Å². The van der Waals surface area contributed by atoms with Crippen molar-refractivity contribution in [1.82, 2.24) is 5.32 Å². The molecule has 0 aromatic heterocycles. The van der Waals surface area contributed by atoms with Crippen molar-refractivity contribution in [3.63, 3.8) is 0 Å². The summed E-state index contributed by atoms with van der Waals surface area (Å²) in [6.07, 6.45) is 0.494. The lowest BCUT2D eigenvalue weighted by Crippen LogP contribution is -2.51. The Bertz CT molecular complexity index is 1020. The summed E-state index contributed by atoms with van der Waals surface area (Å²) in [6, 6.07) is 4.27. The summed E-state index contributed by atoms with van der Waals surface area (Å²) < 4.78 is 46.2. The first-order valence-corrected chi connectivity index (χ1v) is 14.9. The van der Waals surface area contributed by atoms with Gasteiger partial charge in [-0.15, -0.1) is 0 Å². The SMILES string of the molecule is COc1cc(OCCOCCOCCOCCSC(C)(C)C(C=O)NC(=O)C2(F)CC2)ccc1NC(=O)OC(C)(C)C. The second kappa shape index (κ2) is 16.9. The number of rotatable bonds is 20. The molecule has 0 bridgehead atoms. The molecule has 1 saturated carbocycles. The topological polar surface area (TPSA) is 131 Å². The van der Waals surface area contributed by atoms with Crippen molar-refractivity contribution < 1.29 is 47.2 Å². The molecule has 1 atom stereocenters. The van der Waals surface area contributed by atoms with Gasteiger partial charge >= 0.3 is 6.09 Å². The number of amides is 2. The highest BCUT2D eigenvalue weighted by atomic mass is 32.2. The minimum atomic E-state index is -1.81. The Kier molecular flexibility index (Phi) is 14.3. The molecule has 11 nitrogen and oxygen atoms in total. The molecule has 1 aliphatic carbocycles. The third-order valence-electron chi connectivity index (χ3n) is 6.02. The minimum absolute atomic E-state index is 0.207. The molecule has 1 aromatic rings. The lowest BCUT2D eigenvalue weighted by Gasteiger charge is -2.31. The summed E-state index contributed by atoms with van der Waals surface area (Å²) in [7, 11) is 1.50. The predicted molar refractivity (Wildman–Crippen MR) is 158 cm³/mol. The number of thioether (sulfide) groups is 1. The van der Waals surface area contributed by atoms with Gasteiger partial charge in [0, 0.05) is 16.6 Å². The van der Waals surface area contributed by atoms with Gasteiger partial charge in [0.2, 0.25) is 0 Å². The minimum Gasteiger partial charge on any atom is -0.494 e. The number of ether oxygens (including phenoxy) is 6. The van der Waals surface area contributed by atoms with E-state index in [9.17, 15) is 18.8 Å². The van der Waals surface area contributed by atoms with Crippen LogP contribution in [0.1, 0.15) is 47.5 Å². The summed E-state index contributed by atoms with van der Waals surface area (Å²) in [5.41, 5.74) is -1.95. The van der Waals surface area contributed by atoms with E-state index in [1.54, 1.807) is 39.0 Å². The molecule has 2 N–H and O–H groups in total. The highest BCUT2D eigenvalue weighted by Crippen LogP contribution is 2.40. The molecule has 1 aliphatic rings. The molecule has 238 valence electrons. The number of methoxy groups -OCH3 is 1. The molecule has 0 saturated heterocycles. The van der Waals surface area contributed by atoms with Crippen LogP contribution in [0.25, 0.3) is 0 Å². The molecule has 0 spiro atoms. The second-order valence-corrected chi connectivity index (χ2v) is 12.9. The number of halogens is 1. The van der Waals surface area contributed by atoms with E-state index in [2.05, 4.69) is 10.6 Å². The van der Waals surface area contributed by atoms with E-state index in [0.717, 1.165) is 0 Å². The van der Waals surface area contributed by atoms with Crippen LogP contribution in [0.2, 0.25) is 0 Å². The van der Waals surface area contributed by atoms with Gasteiger partial charge in [-0.25, -0.2) is 9.18 Å². The molecule has 2 amide bonds. The Balaban J connectivity index is 1.49. The average molecular weight is 617 g/mol. The van der Waals surface area contributed by atoms with Crippen LogP contribution in [0.3, 0.4) is 0 Å². The van der Waals surface area contributed by atoms with E-state index < -0.39 is 34.1 Å². The van der Waals surface area contributed by atoms with Gasteiger partial charge in [0.05, 0.1) is 58.5 Å². The maximum atomic E-state index is 13.9. The van der Waals surface area contributed by atoms with Gasteiger partial charge < -0.3 is 38.5 Å². The van der Waals surface area contributed by atoms with Gasteiger partial charge in [-0.1, -0.05) is 0 Å². The molecule has 0 radical (unpaired) electrons. The summed E-state index contributed by atoms with van der Waals surface area (Å²) in [5.74, 6) is 0.903. The van der Waals surface area contributed by atoms with Crippen LogP contribution in [-0.4, -0.2) is 99.5 Å². The zero-order valence-corrected chi connectivity index (χ0v) is 26.2. The Morgan fingerprint density at radius 3 is 2.14 bits per heavy atom. The maximum absolute atomic E-state index is 13.9. The van der Waals surface area contributed by atoms with Gasteiger partial charge in [-0.2, -0.15) is 11.8 Å². The van der Waals surface area contributed by atoms with Crippen molar-refractivity contribution in [2.45, 2.75) is 69.5 Å². The van der Waals surface area contributed by atoms with E-state index in [0.29, 0.717) is 75.5 Å². The fourth-order valence-corrected chi connectivity index (χ4v) is 4.49. The van der Waals surface area contributed by atoms with Gasteiger partial charge in [-0.3, -0.25) is 10.1 Å². The Labute approximate surface area is 251 Å².